The van der Waals surface area contributed by atoms with Crippen LogP contribution in [0.2, 0.25) is 0 Å². The van der Waals surface area contributed by atoms with Crippen molar-refractivity contribution in [1.29, 1.82) is 0 Å². The van der Waals surface area contributed by atoms with Crippen molar-refractivity contribution < 1.29 is 17.9 Å². The van der Waals surface area contributed by atoms with Crippen LogP contribution in [0, 0.1) is 5.92 Å². The number of ether oxygens (including phenoxy) is 1. The molecule has 0 amide bonds. The number of alkyl halides is 3. The second kappa shape index (κ2) is 5.40. The zero-order chi connectivity index (χ0) is 13.2. The van der Waals surface area contributed by atoms with Crippen LogP contribution in [0.1, 0.15) is 64.7 Å². The van der Waals surface area contributed by atoms with Crippen molar-refractivity contribution in [2.45, 2.75) is 82.6 Å². The molecule has 2 atom stereocenters. The highest BCUT2D eigenvalue weighted by Crippen LogP contribution is 2.52. The van der Waals surface area contributed by atoms with Crippen molar-refractivity contribution in [2.75, 3.05) is 0 Å². The Bertz CT molecular complexity index is 271. The molecule has 1 aliphatic heterocycles. The molecule has 1 nitrogen and oxygen atoms in total. The van der Waals surface area contributed by atoms with Crippen molar-refractivity contribution in [2.24, 2.45) is 5.92 Å². The molecule has 2 fully saturated rings. The first-order valence-electron chi connectivity index (χ1n) is 7.24. The average molecular weight is 264 g/mol. The molecule has 0 aromatic rings. The first-order chi connectivity index (χ1) is 8.49. The largest absolute Gasteiger partial charge is 0.417 e. The van der Waals surface area contributed by atoms with E-state index in [1.165, 1.54) is 0 Å². The van der Waals surface area contributed by atoms with E-state index in [2.05, 4.69) is 0 Å². The van der Waals surface area contributed by atoms with Crippen molar-refractivity contribution in [3.8, 4) is 0 Å². The number of halogens is 3. The summed E-state index contributed by atoms with van der Waals surface area (Å²) < 4.78 is 46.0. The molecule has 2 aliphatic rings. The summed E-state index contributed by atoms with van der Waals surface area (Å²) in [5, 5.41) is 0. The first-order valence-corrected chi connectivity index (χ1v) is 7.24. The van der Waals surface area contributed by atoms with E-state index in [9.17, 15) is 13.2 Å². The topological polar surface area (TPSA) is 9.23 Å². The van der Waals surface area contributed by atoms with Crippen LogP contribution in [-0.2, 0) is 4.74 Å². The van der Waals surface area contributed by atoms with Crippen LogP contribution in [0.5, 0.6) is 0 Å². The lowest BCUT2D eigenvalue weighted by molar-refractivity contribution is -0.293. The molecule has 0 N–H and O–H groups in total. The van der Waals surface area contributed by atoms with Crippen LogP contribution < -0.4 is 0 Å². The molecule has 0 spiro atoms. The molecule has 1 aliphatic carbocycles. The molecular weight excluding hydrogens is 241 g/mol. The van der Waals surface area contributed by atoms with Crippen LogP contribution >= 0.6 is 0 Å². The minimum absolute atomic E-state index is 0.172. The molecule has 0 radical (unpaired) electrons. The average Bonchev–Trinajstić information content (AvgIpc) is 2.76. The molecule has 1 heterocycles. The predicted molar refractivity (Wildman–Crippen MR) is 64.4 cm³/mol. The van der Waals surface area contributed by atoms with Crippen LogP contribution in [0.25, 0.3) is 0 Å². The molecule has 4 heteroatoms. The Labute approximate surface area is 107 Å². The van der Waals surface area contributed by atoms with Crippen molar-refractivity contribution in [3.05, 3.63) is 0 Å². The van der Waals surface area contributed by atoms with E-state index in [4.69, 9.17) is 4.74 Å². The summed E-state index contributed by atoms with van der Waals surface area (Å²) in [6.45, 7) is 2.00. The Balaban J connectivity index is 2.14. The van der Waals surface area contributed by atoms with E-state index in [1.807, 2.05) is 6.92 Å². The van der Waals surface area contributed by atoms with Gasteiger partial charge in [-0.2, -0.15) is 13.2 Å². The summed E-state index contributed by atoms with van der Waals surface area (Å²) in [5.41, 5.74) is -1.83. The quantitative estimate of drug-likeness (QED) is 0.708. The van der Waals surface area contributed by atoms with Crippen molar-refractivity contribution in [3.63, 3.8) is 0 Å². The van der Waals surface area contributed by atoms with Gasteiger partial charge >= 0.3 is 6.18 Å². The van der Waals surface area contributed by atoms with Crippen LogP contribution in [0.4, 0.5) is 13.2 Å². The molecule has 2 rings (SSSR count). The molecule has 1 saturated carbocycles. The lowest BCUT2D eigenvalue weighted by Crippen LogP contribution is -2.52. The third kappa shape index (κ3) is 2.54. The fourth-order valence-electron chi connectivity index (χ4n) is 3.63. The van der Waals surface area contributed by atoms with E-state index >= 15 is 0 Å². The summed E-state index contributed by atoms with van der Waals surface area (Å²) in [5.74, 6) is -0.312. The Morgan fingerprint density at radius 1 is 1.11 bits per heavy atom. The number of rotatable bonds is 3. The van der Waals surface area contributed by atoms with Gasteiger partial charge in [0.05, 0.1) is 6.10 Å². The van der Waals surface area contributed by atoms with Gasteiger partial charge in [0.1, 0.15) is 0 Å². The summed E-state index contributed by atoms with van der Waals surface area (Å²) in [6.07, 6.45) is 2.27. The maximum atomic E-state index is 13.5. The molecule has 0 aromatic heterocycles. The second-order valence-corrected chi connectivity index (χ2v) is 5.79. The molecular formula is C14H23F3O. The minimum Gasteiger partial charge on any atom is -0.362 e. The third-order valence-electron chi connectivity index (χ3n) is 4.57. The van der Waals surface area contributed by atoms with Gasteiger partial charge in [-0.3, -0.25) is 0 Å². The Kier molecular flexibility index (Phi) is 4.25. The van der Waals surface area contributed by atoms with Crippen molar-refractivity contribution in [1.82, 2.24) is 0 Å². The molecule has 0 aromatic carbocycles. The Morgan fingerprint density at radius 2 is 1.78 bits per heavy atom. The number of hydrogen-bond acceptors (Lipinski definition) is 1. The van der Waals surface area contributed by atoms with E-state index in [-0.39, 0.29) is 18.4 Å². The van der Waals surface area contributed by atoms with E-state index in [1.54, 1.807) is 0 Å². The lowest BCUT2D eigenvalue weighted by Gasteiger charge is -2.40. The normalized spacial score (nSPS) is 35.0. The zero-order valence-corrected chi connectivity index (χ0v) is 11.1. The summed E-state index contributed by atoms with van der Waals surface area (Å²) in [4.78, 5) is 0. The second-order valence-electron chi connectivity index (χ2n) is 5.79. The zero-order valence-electron chi connectivity index (χ0n) is 11.1. The van der Waals surface area contributed by atoms with Crippen LogP contribution in [0.3, 0.4) is 0 Å². The van der Waals surface area contributed by atoms with Crippen LogP contribution in [0.15, 0.2) is 0 Å². The maximum absolute atomic E-state index is 13.5. The number of hydrogen-bond donors (Lipinski definition) is 0. The summed E-state index contributed by atoms with van der Waals surface area (Å²) in [6, 6.07) is 0. The van der Waals surface area contributed by atoms with Gasteiger partial charge in [-0.15, -0.1) is 0 Å². The predicted octanol–water partition coefficient (Wildman–Crippen LogP) is 4.85. The SMILES string of the molecule is CCCC1CCC(C2CCCCC2)(C(F)(F)F)O1. The van der Waals surface area contributed by atoms with Gasteiger partial charge in [0.25, 0.3) is 0 Å². The standard InChI is InChI=1S/C14H23F3O/c1-2-6-12-9-10-13(18-12,14(15,16)17)11-7-4-3-5-8-11/h11-12H,2-10H2,1H3. The van der Waals surface area contributed by atoms with E-state index in [0.717, 1.165) is 32.1 Å². The first kappa shape index (κ1) is 14.2. The molecule has 106 valence electrons. The fraction of sp³-hybridized carbons (Fsp3) is 1.00. The highest BCUT2D eigenvalue weighted by atomic mass is 19.4. The summed E-state index contributed by atoms with van der Waals surface area (Å²) in [7, 11) is 0. The van der Waals surface area contributed by atoms with E-state index < -0.39 is 11.8 Å². The van der Waals surface area contributed by atoms with Gasteiger partial charge in [-0.1, -0.05) is 32.6 Å². The third-order valence-corrected chi connectivity index (χ3v) is 4.57. The molecule has 2 unspecified atom stereocenters. The van der Waals surface area contributed by atoms with Crippen molar-refractivity contribution >= 4 is 0 Å². The molecule has 18 heavy (non-hydrogen) atoms. The minimum atomic E-state index is -4.21. The van der Waals surface area contributed by atoms with Gasteiger partial charge in [0.15, 0.2) is 5.60 Å². The Hall–Kier alpha value is -0.250. The van der Waals surface area contributed by atoms with Crippen LogP contribution in [-0.4, -0.2) is 17.9 Å². The highest BCUT2D eigenvalue weighted by molar-refractivity contribution is 5.00. The summed E-state index contributed by atoms with van der Waals surface area (Å²) >= 11 is 0. The fourth-order valence-corrected chi connectivity index (χ4v) is 3.63. The van der Waals surface area contributed by atoms with Gasteiger partial charge in [0.2, 0.25) is 0 Å². The van der Waals surface area contributed by atoms with Gasteiger partial charge in [-0.25, -0.2) is 0 Å². The smallest absolute Gasteiger partial charge is 0.362 e. The van der Waals surface area contributed by atoms with E-state index in [0.29, 0.717) is 19.3 Å². The molecule has 0 bridgehead atoms. The Morgan fingerprint density at radius 3 is 2.33 bits per heavy atom. The maximum Gasteiger partial charge on any atom is 0.417 e. The van der Waals surface area contributed by atoms with Gasteiger partial charge in [0, 0.05) is 0 Å². The highest BCUT2D eigenvalue weighted by Gasteiger charge is 2.63. The monoisotopic (exact) mass is 264 g/mol. The van der Waals surface area contributed by atoms with Gasteiger partial charge in [-0.05, 0) is 38.0 Å². The molecule has 1 saturated heterocycles. The van der Waals surface area contributed by atoms with Gasteiger partial charge < -0.3 is 4.74 Å². The lowest BCUT2D eigenvalue weighted by atomic mass is 9.75.